The van der Waals surface area contributed by atoms with Gasteiger partial charge in [0.1, 0.15) is 11.5 Å². The van der Waals surface area contributed by atoms with Crippen molar-refractivity contribution in [3.8, 4) is 0 Å². The molecule has 0 saturated heterocycles. The number of para-hydroxylation sites is 2. The van der Waals surface area contributed by atoms with Gasteiger partial charge in [-0.15, -0.1) is 11.3 Å². The number of esters is 1. The lowest BCUT2D eigenvalue weighted by atomic mass is 10.0. The SMILES string of the molecule is CCOC(=O)c1c(NC(=O)CSc2nc3ccccc3[nH]2)sc2c1CC[NH+](C)C2. The minimum Gasteiger partial charge on any atom is -0.462 e. The molecule has 0 bridgehead atoms. The Hall–Kier alpha value is -2.36. The van der Waals surface area contributed by atoms with Gasteiger partial charge in [0.05, 0.1) is 47.4 Å². The average Bonchev–Trinajstić information content (AvgIpc) is 3.26. The van der Waals surface area contributed by atoms with Crippen molar-refractivity contribution >= 4 is 51.0 Å². The molecule has 1 atom stereocenters. The zero-order valence-corrected chi connectivity index (χ0v) is 18.0. The molecule has 0 spiro atoms. The smallest absolute Gasteiger partial charge is 0.341 e. The first-order chi connectivity index (χ1) is 14.0. The number of thioether (sulfide) groups is 1. The average molecular weight is 432 g/mol. The topological polar surface area (TPSA) is 88.5 Å². The second kappa shape index (κ2) is 8.56. The van der Waals surface area contributed by atoms with Gasteiger partial charge >= 0.3 is 5.97 Å². The molecule has 1 aromatic carbocycles. The summed E-state index contributed by atoms with van der Waals surface area (Å²) >= 11 is 2.83. The van der Waals surface area contributed by atoms with Crippen LogP contribution in [0.3, 0.4) is 0 Å². The predicted molar refractivity (Wildman–Crippen MR) is 115 cm³/mol. The first-order valence-corrected chi connectivity index (χ1v) is 11.4. The maximum absolute atomic E-state index is 12.6. The van der Waals surface area contributed by atoms with Gasteiger partial charge in [0, 0.05) is 6.42 Å². The fourth-order valence-electron chi connectivity index (χ4n) is 3.42. The Morgan fingerprint density at radius 3 is 3.00 bits per heavy atom. The van der Waals surface area contributed by atoms with Crippen molar-refractivity contribution in [3.05, 3.63) is 40.3 Å². The van der Waals surface area contributed by atoms with Gasteiger partial charge in [0.15, 0.2) is 5.16 Å². The molecule has 1 amide bonds. The number of fused-ring (bicyclic) bond motifs is 2. The van der Waals surface area contributed by atoms with Crippen molar-refractivity contribution in [1.82, 2.24) is 9.97 Å². The third-order valence-electron chi connectivity index (χ3n) is 4.79. The van der Waals surface area contributed by atoms with E-state index >= 15 is 0 Å². The van der Waals surface area contributed by atoms with E-state index in [1.165, 1.54) is 28.0 Å². The molecule has 2 aromatic heterocycles. The summed E-state index contributed by atoms with van der Waals surface area (Å²) in [4.78, 5) is 35.4. The van der Waals surface area contributed by atoms with Crippen molar-refractivity contribution < 1.29 is 19.2 Å². The number of imidazole rings is 1. The van der Waals surface area contributed by atoms with E-state index in [0.717, 1.165) is 41.0 Å². The number of anilines is 1. The fourth-order valence-corrected chi connectivity index (χ4v) is 5.47. The number of amides is 1. The number of rotatable bonds is 6. The number of hydrogen-bond acceptors (Lipinski definition) is 6. The van der Waals surface area contributed by atoms with Gasteiger partial charge in [-0.2, -0.15) is 0 Å². The zero-order chi connectivity index (χ0) is 20.4. The molecule has 3 aromatic rings. The highest BCUT2D eigenvalue weighted by molar-refractivity contribution is 7.99. The van der Waals surface area contributed by atoms with Crippen LogP contribution in [0.25, 0.3) is 11.0 Å². The van der Waals surface area contributed by atoms with Crippen LogP contribution in [0.1, 0.15) is 27.7 Å². The van der Waals surface area contributed by atoms with Crippen molar-refractivity contribution in [1.29, 1.82) is 0 Å². The van der Waals surface area contributed by atoms with Crippen LogP contribution >= 0.6 is 23.1 Å². The summed E-state index contributed by atoms with van der Waals surface area (Å²) in [7, 11) is 2.13. The maximum Gasteiger partial charge on any atom is 0.341 e. The summed E-state index contributed by atoms with van der Waals surface area (Å²) in [6.45, 7) is 3.92. The summed E-state index contributed by atoms with van der Waals surface area (Å²) in [5, 5.41) is 4.23. The molecule has 29 heavy (non-hydrogen) atoms. The zero-order valence-electron chi connectivity index (χ0n) is 16.3. The monoisotopic (exact) mass is 431 g/mol. The summed E-state index contributed by atoms with van der Waals surface area (Å²) in [5.41, 5.74) is 3.37. The van der Waals surface area contributed by atoms with Crippen LogP contribution in [0, 0.1) is 0 Å². The van der Waals surface area contributed by atoms with Crippen molar-refractivity contribution in [2.75, 3.05) is 31.3 Å². The van der Waals surface area contributed by atoms with E-state index in [0.29, 0.717) is 22.3 Å². The molecule has 7 nitrogen and oxygen atoms in total. The number of benzene rings is 1. The number of carbonyl (C=O) groups is 2. The van der Waals surface area contributed by atoms with Crippen LogP contribution in [0.4, 0.5) is 5.00 Å². The minimum absolute atomic E-state index is 0.166. The predicted octanol–water partition coefficient (Wildman–Crippen LogP) is 2.10. The lowest BCUT2D eigenvalue weighted by Crippen LogP contribution is -3.08. The number of aromatic nitrogens is 2. The number of quaternary nitrogens is 1. The first kappa shape index (κ1) is 19.9. The van der Waals surface area contributed by atoms with Crippen LogP contribution in [0.2, 0.25) is 0 Å². The second-order valence-electron chi connectivity index (χ2n) is 6.96. The van der Waals surface area contributed by atoms with E-state index in [-0.39, 0.29) is 17.6 Å². The van der Waals surface area contributed by atoms with Crippen LogP contribution in [-0.4, -0.2) is 47.8 Å². The third-order valence-corrected chi connectivity index (χ3v) is 6.82. The van der Waals surface area contributed by atoms with Crippen LogP contribution in [0.15, 0.2) is 29.4 Å². The highest BCUT2D eigenvalue weighted by atomic mass is 32.2. The molecule has 3 heterocycles. The highest BCUT2D eigenvalue weighted by Crippen LogP contribution is 2.35. The molecule has 0 saturated carbocycles. The Morgan fingerprint density at radius 1 is 1.38 bits per heavy atom. The molecule has 0 fully saturated rings. The molecule has 4 rings (SSSR count). The number of H-pyrrole nitrogens is 1. The molecule has 0 radical (unpaired) electrons. The normalized spacial score (nSPS) is 15.9. The number of carbonyl (C=O) groups excluding carboxylic acids is 2. The summed E-state index contributed by atoms with van der Waals surface area (Å²) in [5.74, 6) is -0.319. The Morgan fingerprint density at radius 2 is 2.21 bits per heavy atom. The molecule has 3 N–H and O–H groups in total. The van der Waals surface area contributed by atoms with E-state index < -0.39 is 0 Å². The van der Waals surface area contributed by atoms with Gasteiger partial charge in [-0.3, -0.25) is 4.79 Å². The maximum atomic E-state index is 12.6. The van der Waals surface area contributed by atoms with Crippen molar-refractivity contribution in [2.24, 2.45) is 0 Å². The largest absolute Gasteiger partial charge is 0.462 e. The fraction of sp³-hybridized carbons (Fsp3) is 0.350. The van der Waals surface area contributed by atoms with E-state index in [1.54, 1.807) is 6.92 Å². The Kier molecular flexibility index (Phi) is 5.89. The molecule has 1 unspecified atom stereocenters. The van der Waals surface area contributed by atoms with Crippen molar-refractivity contribution in [3.63, 3.8) is 0 Å². The molecule has 152 valence electrons. The van der Waals surface area contributed by atoms with Gasteiger partial charge in [-0.1, -0.05) is 23.9 Å². The quantitative estimate of drug-likeness (QED) is 0.411. The Bertz CT molecular complexity index is 1030. The molecule has 1 aliphatic rings. The van der Waals surface area contributed by atoms with Crippen LogP contribution in [0.5, 0.6) is 0 Å². The van der Waals surface area contributed by atoms with Gasteiger partial charge in [0.2, 0.25) is 5.91 Å². The first-order valence-electron chi connectivity index (χ1n) is 9.55. The Balaban J connectivity index is 1.48. The number of nitrogens with zero attached hydrogens (tertiary/aromatic N) is 1. The number of thiophene rings is 1. The number of hydrogen-bond donors (Lipinski definition) is 3. The van der Waals surface area contributed by atoms with Crippen LogP contribution < -0.4 is 10.2 Å². The van der Waals surface area contributed by atoms with Gasteiger partial charge in [-0.05, 0) is 24.6 Å². The van der Waals surface area contributed by atoms with E-state index in [4.69, 9.17) is 4.74 Å². The summed E-state index contributed by atoms with van der Waals surface area (Å²) in [6, 6.07) is 7.75. The number of aromatic amines is 1. The highest BCUT2D eigenvalue weighted by Gasteiger charge is 2.30. The molecule has 0 aliphatic carbocycles. The van der Waals surface area contributed by atoms with E-state index in [9.17, 15) is 9.59 Å². The van der Waals surface area contributed by atoms with E-state index in [2.05, 4.69) is 22.3 Å². The van der Waals surface area contributed by atoms with E-state index in [1.807, 2.05) is 24.3 Å². The molecular weight excluding hydrogens is 408 g/mol. The van der Waals surface area contributed by atoms with Gasteiger partial charge < -0.3 is 19.9 Å². The lowest BCUT2D eigenvalue weighted by molar-refractivity contribution is -0.895. The van der Waals surface area contributed by atoms with Gasteiger partial charge in [0.25, 0.3) is 0 Å². The third kappa shape index (κ3) is 4.31. The van der Waals surface area contributed by atoms with Crippen LogP contribution in [-0.2, 0) is 22.5 Å². The standard InChI is InChI=1S/C20H22N4O3S2/c1-3-27-19(26)17-12-8-9-24(2)10-15(12)29-18(17)23-16(25)11-28-20-21-13-6-4-5-7-14(13)22-20/h4-7H,3,8-11H2,1-2H3,(H,21,22)(H,23,25)/p+1. The Labute approximate surface area is 176 Å². The summed E-state index contributed by atoms with van der Waals surface area (Å²) in [6.07, 6.45) is 0.815. The van der Waals surface area contributed by atoms with Gasteiger partial charge in [-0.25, -0.2) is 9.78 Å². The molecule has 1 aliphatic heterocycles. The van der Waals surface area contributed by atoms with Crippen molar-refractivity contribution in [2.45, 2.75) is 25.0 Å². The molecular formula is C20H23N4O3S2+. The second-order valence-corrected chi connectivity index (χ2v) is 9.03. The molecule has 9 heteroatoms. The minimum atomic E-state index is -0.357. The number of ether oxygens (including phenoxy) is 1. The number of likely N-dealkylation sites (N-methyl/N-ethyl adjacent to an activating group) is 1. The summed E-state index contributed by atoms with van der Waals surface area (Å²) < 4.78 is 5.25. The lowest BCUT2D eigenvalue weighted by Gasteiger charge is -2.19. The number of nitrogens with one attached hydrogen (secondary N) is 3.